The smallest absolute Gasteiger partial charge is 0.166 e. The van der Waals surface area contributed by atoms with E-state index in [0.717, 1.165) is 18.4 Å². The van der Waals surface area contributed by atoms with Crippen LogP contribution in [0.1, 0.15) is 36.0 Å². The van der Waals surface area contributed by atoms with E-state index in [4.69, 9.17) is 9.47 Å². The van der Waals surface area contributed by atoms with Crippen molar-refractivity contribution in [2.75, 3.05) is 14.2 Å². The van der Waals surface area contributed by atoms with E-state index in [-0.39, 0.29) is 11.7 Å². The van der Waals surface area contributed by atoms with E-state index in [2.05, 4.69) is 0 Å². The van der Waals surface area contributed by atoms with Crippen LogP contribution in [-0.2, 0) is 0 Å². The molecule has 0 heterocycles. The van der Waals surface area contributed by atoms with Gasteiger partial charge >= 0.3 is 0 Å². The molecule has 0 bridgehead atoms. The van der Waals surface area contributed by atoms with Crippen LogP contribution in [0.15, 0.2) is 18.2 Å². The summed E-state index contributed by atoms with van der Waals surface area (Å²) >= 11 is 0. The van der Waals surface area contributed by atoms with E-state index in [9.17, 15) is 4.79 Å². The number of ketones is 1. The van der Waals surface area contributed by atoms with E-state index in [1.54, 1.807) is 26.4 Å². The van der Waals surface area contributed by atoms with Gasteiger partial charge in [0, 0.05) is 11.5 Å². The van der Waals surface area contributed by atoms with Crippen molar-refractivity contribution in [1.29, 1.82) is 0 Å². The number of carbonyl (C=O) groups excluding carboxylic acids is 1. The van der Waals surface area contributed by atoms with Crippen LogP contribution in [-0.4, -0.2) is 20.0 Å². The number of rotatable bonds is 4. The maximum absolute atomic E-state index is 12.2. The van der Waals surface area contributed by atoms with Gasteiger partial charge in [-0.2, -0.15) is 0 Å². The van der Waals surface area contributed by atoms with Crippen LogP contribution in [0, 0.1) is 5.92 Å². The van der Waals surface area contributed by atoms with Crippen molar-refractivity contribution >= 4 is 5.78 Å². The summed E-state index contributed by atoms with van der Waals surface area (Å²) in [6.45, 7) is 0. The highest BCUT2D eigenvalue weighted by Gasteiger charge is 2.24. The zero-order valence-electron chi connectivity index (χ0n) is 10.4. The Morgan fingerprint density at radius 3 is 2.35 bits per heavy atom. The minimum Gasteiger partial charge on any atom is -0.493 e. The number of Topliss-reactive ketones (excluding diaryl/α,β-unsaturated/α-hetero) is 1. The number of carbonyl (C=O) groups is 1. The van der Waals surface area contributed by atoms with Gasteiger partial charge in [-0.15, -0.1) is 0 Å². The van der Waals surface area contributed by atoms with Gasteiger partial charge in [-0.1, -0.05) is 12.8 Å². The summed E-state index contributed by atoms with van der Waals surface area (Å²) in [5.41, 5.74) is 0.731. The van der Waals surface area contributed by atoms with E-state index in [1.165, 1.54) is 12.8 Å². The Bertz CT molecular complexity index is 406. The second-order valence-electron chi connectivity index (χ2n) is 4.42. The molecule has 3 heteroatoms. The van der Waals surface area contributed by atoms with Crippen LogP contribution in [0.4, 0.5) is 0 Å². The van der Waals surface area contributed by atoms with Gasteiger partial charge < -0.3 is 9.47 Å². The van der Waals surface area contributed by atoms with E-state index < -0.39 is 0 Å². The van der Waals surface area contributed by atoms with Crippen LogP contribution in [0.5, 0.6) is 11.5 Å². The Labute approximate surface area is 102 Å². The van der Waals surface area contributed by atoms with E-state index in [1.807, 2.05) is 6.07 Å². The molecular formula is C14H18O3. The molecule has 0 amide bonds. The Morgan fingerprint density at radius 2 is 1.76 bits per heavy atom. The summed E-state index contributed by atoms with van der Waals surface area (Å²) in [6.07, 6.45) is 4.38. The molecule has 0 spiro atoms. The highest BCUT2D eigenvalue weighted by Crippen LogP contribution is 2.32. The second-order valence-corrected chi connectivity index (χ2v) is 4.42. The first kappa shape index (κ1) is 12.0. The average Bonchev–Trinajstić information content (AvgIpc) is 2.90. The lowest BCUT2D eigenvalue weighted by atomic mass is 9.96. The molecule has 0 radical (unpaired) electrons. The fraction of sp³-hybridized carbons (Fsp3) is 0.500. The van der Waals surface area contributed by atoms with Crippen LogP contribution in [0.2, 0.25) is 0 Å². The lowest BCUT2D eigenvalue weighted by molar-refractivity contribution is 0.0922. The van der Waals surface area contributed by atoms with Crippen molar-refractivity contribution in [2.45, 2.75) is 25.7 Å². The molecule has 1 aromatic rings. The highest BCUT2D eigenvalue weighted by molar-refractivity contribution is 5.98. The van der Waals surface area contributed by atoms with Gasteiger partial charge in [0.25, 0.3) is 0 Å². The molecule has 0 atom stereocenters. The highest BCUT2D eigenvalue weighted by atomic mass is 16.5. The first-order valence-electron chi connectivity index (χ1n) is 6.02. The first-order valence-corrected chi connectivity index (χ1v) is 6.02. The summed E-state index contributed by atoms with van der Waals surface area (Å²) in [5.74, 6) is 1.73. The summed E-state index contributed by atoms with van der Waals surface area (Å²) in [4.78, 5) is 12.2. The largest absolute Gasteiger partial charge is 0.493 e. The summed E-state index contributed by atoms with van der Waals surface area (Å²) in [6, 6.07) is 5.39. The number of hydrogen-bond donors (Lipinski definition) is 0. The molecule has 1 aliphatic rings. The predicted molar refractivity (Wildman–Crippen MR) is 65.8 cm³/mol. The fourth-order valence-corrected chi connectivity index (χ4v) is 2.41. The van der Waals surface area contributed by atoms with Gasteiger partial charge in [0.15, 0.2) is 17.3 Å². The topological polar surface area (TPSA) is 35.5 Å². The predicted octanol–water partition coefficient (Wildman–Crippen LogP) is 3.08. The molecule has 17 heavy (non-hydrogen) atoms. The van der Waals surface area contributed by atoms with Gasteiger partial charge in [-0.05, 0) is 31.0 Å². The molecule has 0 aromatic heterocycles. The molecule has 0 aliphatic heterocycles. The van der Waals surface area contributed by atoms with Crippen LogP contribution in [0.3, 0.4) is 0 Å². The molecule has 1 aromatic carbocycles. The van der Waals surface area contributed by atoms with Crippen LogP contribution in [0.25, 0.3) is 0 Å². The van der Waals surface area contributed by atoms with Gasteiger partial charge in [0.2, 0.25) is 0 Å². The summed E-state index contributed by atoms with van der Waals surface area (Å²) < 4.78 is 10.4. The van der Waals surface area contributed by atoms with Crippen molar-refractivity contribution < 1.29 is 14.3 Å². The number of methoxy groups -OCH3 is 2. The third-order valence-electron chi connectivity index (χ3n) is 3.39. The third kappa shape index (κ3) is 2.43. The number of benzene rings is 1. The minimum absolute atomic E-state index is 0.202. The zero-order valence-corrected chi connectivity index (χ0v) is 10.4. The quantitative estimate of drug-likeness (QED) is 0.751. The first-order chi connectivity index (χ1) is 8.26. The van der Waals surface area contributed by atoms with Crippen molar-refractivity contribution in [3.05, 3.63) is 23.8 Å². The van der Waals surface area contributed by atoms with Gasteiger partial charge in [-0.3, -0.25) is 4.79 Å². The molecule has 3 nitrogen and oxygen atoms in total. The zero-order chi connectivity index (χ0) is 12.3. The minimum atomic E-state index is 0.202. The maximum atomic E-state index is 12.2. The average molecular weight is 234 g/mol. The second kappa shape index (κ2) is 5.21. The molecule has 1 saturated carbocycles. The van der Waals surface area contributed by atoms with Crippen molar-refractivity contribution in [3.8, 4) is 11.5 Å². The third-order valence-corrected chi connectivity index (χ3v) is 3.39. The monoisotopic (exact) mass is 234 g/mol. The van der Waals surface area contributed by atoms with E-state index in [0.29, 0.717) is 11.5 Å². The maximum Gasteiger partial charge on any atom is 0.166 e. The molecule has 1 fully saturated rings. The van der Waals surface area contributed by atoms with Gasteiger partial charge in [0.05, 0.1) is 14.2 Å². The number of ether oxygens (including phenoxy) is 2. The Balaban J connectivity index is 2.23. The van der Waals surface area contributed by atoms with Gasteiger partial charge in [0.1, 0.15) is 0 Å². The molecule has 92 valence electrons. The SMILES string of the molecule is COc1ccc(C(=O)C2CCCC2)cc1OC. The molecule has 1 aliphatic carbocycles. The van der Waals surface area contributed by atoms with Crippen molar-refractivity contribution in [2.24, 2.45) is 5.92 Å². The van der Waals surface area contributed by atoms with E-state index >= 15 is 0 Å². The van der Waals surface area contributed by atoms with Crippen LogP contribution >= 0.6 is 0 Å². The van der Waals surface area contributed by atoms with Crippen molar-refractivity contribution in [1.82, 2.24) is 0 Å². The lowest BCUT2D eigenvalue weighted by Gasteiger charge is -2.11. The molecule has 0 unspecified atom stereocenters. The summed E-state index contributed by atoms with van der Waals surface area (Å²) in [7, 11) is 3.18. The molecule has 2 rings (SSSR count). The fourth-order valence-electron chi connectivity index (χ4n) is 2.41. The standard InChI is InChI=1S/C14H18O3/c1-16-12-8-7-11(9-13(12)17-2)14(15)10-5-3-4-6-10/h7-10H,3-6H2,1-2H3. The Hall–Kier alpha value is -1.51. The Morgan fingerprint density at radius 1 is 1.12 bits per heavy atom. The summed E-state index contributed by atoms with van der Waals surface area (Å²) in [5, 5.41) is 0. The molecule has 0 N–H and O–H groups in total. The number of hydrogen-bond acceptors (Lipinski definition) is 3. The Kier molecular flexibility index (Phi) is 3.67. The lowest BCUT2D eigenvalue weighted by Crippen LogP contribution is -2.11. The van der Waals surface area contributed by atoms with Crippen LogP contribution < -0.4 is 9.47 Å². The normalized spacial score (nSPS) is 15.9. The van der Waals surface area contributed by atoms with Crippen molar-refractivity contribution in [3.63, 3.8) is 0 Å². The van der Waals surface area contributed by atoms with Gasteiger partial charge in [-0.25, -0.2) is 0 Å². The molecule has 0 saturated heterocycles. The molecular weight excluding hydrogens is 216 g/mol.